The number of methoxy groups -OCH3 is 2. The summed E-state index contributed by atoms with van der Waals surface area (Å²) in [6, 6.07) is 75.2. The van der Waals surface area contributed by atoms with E-state index in [1.807, 2.05) is 193 Å². The van der Waals surface area contributed by atoms with Crippen molar-refractivity contribution < 1.29 is 94.0 Å². The predicted octanol–water partition coefficient (Wildman–Crippen LogP) is 13.7. The quantitative estimate of drug-likeness (QED) is 0.0124. The summed E-state index contributed by atoms with van der Waals surface area (Å²) in [5, 5.41) is 75.5. The summed E-state index contributed by atoms with van der Waals surface area (Å²) in [7, 11) is 12.5. The van der Waals surface area contributed by atoms with E-state index >= 15 is 0 Å². The van der Waals surface area contributed by atoms with Crippen LogP contribution in [0.25, 0.3) is 24.2 Å². The van der Waals surface area contributed by atoms with Crippen LogP contribution in [0.2, 0.25) is 0 Å². The molecule has 0 amide bonds. The first-order valence-electron chi connectivity index (χ1n) is 49.8. The Hall–Kier alpha value is -12.9. The van der Waals surface area contributed by atoms with Gasteiger partial charge in [0.2, 0.25) is 0 Å². The zero-order chi connectivity index (χ0) is 104. The van der Waals surface area contributed by atoms with Gasteiger partial charge in [-0.1, -0.05) is 169 Å². The van der Waals surface area contributed by atoms with Crippen LogP contribution in [-0.4, -0.2) is 287 Å². The van der Waals surface area contributed by atoms with Crippen molar-refractivity contribution in [1.82, 2.24) is 24.5 Å². The summed E-state index contributed by atoms with van der Waals surface area (Å²) >= 11 is 0. The number of nitrogens with zero attached hydrogens (tertiary/aromatic N) is 15. The summed E-state index contributed by atoms with van der Waals surface area (Å²) in [6.45, 7) is 53.3. The number of carboxylic acid groups (broad SMARTS) is 2. The van der Waals surface area contributed by atoms with Gasteiger partial charge in [0, 0.05) is 189 Å². The largest absolute Gasteiger partial charge is 1.00 e. The van der Waals surface area contributed by atoms with Crippen LogP contribution < -0.4 is 59.2 Å². The van der Waals surface area contributed by atoms with E-state index in [2.05, 4.69) is 97.9 Å². The molecule has 15 rings (SSSR count). The molecule has 5 heterocycles. The van der Waals surface area contributed by atoms with Gasteiger partial charge in [0.1, 0.15) is 0 Å². The van der Waals surface area contributed by atoms with E-state index in [1.165, 1.54) is 59.7 Å². The van der Waals surface area contributed by atoms with E-state index < -0.39 is 39.9 Å². The van der Waals surface area contributed by atoms with Crippen molar-refractivity contribution in [3.63, 3.8) is 0 Å². The average molecular weight is 1990 g/mol. The molecule has 5 fully saturated rings. The number of aryl methyl sites for hydroxylation is 1. The first-order chi connectivity index (χ1) is 69.6. The SMILES string of the molecule is [C-]#[N+]c1ccc(CCN2CCC(O)(CN(C)c3ccc(C(=O)OC)cc3)CC2)cc1.[C-]#[N+]c1ccc(CCN2CCC(O)(CN(C)c3ccc(C(=O)[O-])cc3)CC2)cc1.[C-]#[N+]c1ccc(CCN2CCC(O)(CN(C)c3ccc(C)cc3)CC2)cc1.[C-]#[N+]c1ccc(CCN2CCC(O)(CN(C)c3ccccc3C(=O)O)CC2)cc1.[C-]#[N+]c1cccc(CCN2CCC(O)(CN(C)c3ccc(C(=O)OC)cc3)CC2)c1.[Na+]. The number of carbonyl (C=O) groups is 4. The number of para-hydroxylation sites is 1. The number of benzene rings is 10. The number of anilines is 5. The summed E-state index contributed by atoms with van der Waals surface area (Å²) in [5.74, 6) is -2.85. The zero-order valence-electron chi connectivity index (χ0n) is 86.1. The van der Waals surface area contributed by atoms with Crippen LogP contribution in [0.3, 0.4) is 0 Å². The van der Waals surface area contributed by atoms with Gasteiger partial charge in [-0.05, 0) is 216 Å². The molecule has 0 aliphatic carbocycles. The van der Waals surface area contributed by atoms with Gasteiger partial charge >= 0.3 is 47.5 Å². The third-order valence-electron chi connectivity index (χ3n) is 28.5. The first-order valence-corrected chi connectivity index (χ1v) is 49.8. The molecule has 5 aliphatic rings. The van der Waals surface area contributed by atoms with Crippen LogP contribution in [0.1, 0.15) is 139 Å². The molecule has 5 aliphatic heterocycles. The van der Waals surface area contributed by atoms with E-state index in [9.17, 15) is 54.9 Å². The number of ether oxygens (including phenoxy) is 2. The minimum atomic E-state index is -1.19. The van der Waals surface area contributed by atoms with Crippen LogP contribution in [-0.2, 0) is 41.6 Å². The Kier molecular flexibility index (Phi) is 44.3. The molecule has 28 nitrogen and oxygen atoms in total. The Morgan fingerprint density at radius 2 is 0.568 bits per heavy atom. The maximum Gasteiger partial charge on any atom is 1.00 e. The molecule has 0 unspecified atom stereocenters. The molecule has 10 aromatic carbocycles. The van der Waals surface area contributed by atoms with Gasteiger partial charge in [-0.25, -0.2) is 38.6 Å². The molecule has 10 aromatic rings. The molecule has 146 heavy (non-hydrogen) atoms. The Balaban J connectivity index is 0.000000187. The monoisotopic (exact) mass is 1990 g/mol. The number of esters is 2. The maximum atomic E-state index is 11.6. The van der Waals surface area contributed by atoms with Gasteiger partial charge in [-0.3, -0.25) is 0 Å². The molecule has 0 spiro atoms. The Labute approximate surface area is 884 Å². The molecule has 0 aromatic heterocycles. The van der Waals surface area contributed by atoms with Gasteiger partial charge in [-0.15, -0.1) is 0 Å². The van der Waals surface area contributed by atoms with E-state index in [-0.39, 0.29) is 52.6 Å². The standard InChI is InChI=1S/2C24H29N3O3.2C23H27N3O3.C23H29N3O.Na/c1-25-21-8-4-19(5-9-21)12-15-27-16-13-24(29,14-17-27)18-26(2)22-10-6-20(7-11-22)23(28)30-3;1-25-21-6-4-5-19(17-21)11-14-27-15-12-24(29,13-16-27)18-26(2)22-9-7-20(8-10-22)23(28)30-3;1-24-20-7-3-18(4-8-20)11-14-26-15-12-23(29,13-16-26)17-25(2)21-9-5-19(6-10-21)22(27)28;1-24-19-9-7-18(8-10-19)11-14-26-15-12-23(29,13-16-26)17-25(2)21-6-4-3-5-20(21)22(27)28;1-19-4-10-22(11-5-19)25(3)18-23(27)13-16-26(17-14-23)15-12-20-6-8-21(24-2)9-7-20;/h4-11,29H,12-18H2,2-3H3;4-10,17,29H,11-16,18H2,2-3H3;2*3-10,29H,11-17H2,2H3,(H,27,28);4-11,27H,12-18H2,1,3H3;/q;;;;;+1/p-1. The Morgan fingerprint density at radius 1 is 0.322 bits per heavy atom. The van der Waals surface area contributed by atoms with Crippen molar-refractivity contribution in [3.05, 3.63) is 355 Å². The summed E-state index contributed by atoms with van der Waals surface area (Å²) in [4.78, 5) is 84.6. The fourth-order valence-corrected chi connectivity index (χ4v) is 19.2. The van der Waals surface area contributed by atoms with Gasteiger partial charge in [-0.2, -0.15) is 0 Å². The second-order valence-electron chi connectivity index (χ2n) is 39.3. The summed E-state index contributed by atoms with van der Waals surface area (Å²) in [6.07, 6.45) is 11.9. The molecular formula is C117H140N15NaO13. The van der Waals surface area contributed by atoms with E-state index in [0.717, 1.165) is 192 Å². The van der Waals surface area contributed by atoms with Gasteiger partial charge in [0.15, 0.2) is 28.4 Å². The predicted molar refractivity (Wildman–Crippen MR) is 572 cm³/mol. The second-order valence-corrected chi connectivity index (χ2v) is 39.3. The van der Waals surface area contributed by atoms with E-state index in [4.69, 9.17) is 42.3 Å². The molecule has 0 saturated carbocycles. The van der Waals surface area contributed by atoms with Crippen LogP contribution >= 0.6 is 0 Å². The topological polar surface area (TPSA) is 285 Å². The minimum absolute atomic E-state index is 0. The van der Waals surface area contributed by atoms with Crippen LogP contribution in [0, 0.1) is 39.8 Å². The molecule has 0 atom stereocenters. The number of carboxylic acids is 2. The molecule has 29 heteroatoms. The number of carbonyl (C=O) groups excluding carboxylic acids is 3. The van der Waals surface area contributed by atoms with Crippen LogP contribution in [0.5, 0.6) is 0 Å². The van der Waals surface area contributed by atoms with Gasteiger partial charge in [0.25, 0.3) is 0 Å². The number of likely N-dealkylation sites (tertiary alicyclic amines) is 5. The summed E-state index contributed by atoms with van der Waals surface area (Å²) in [5.41, 5.74) is 13.1. The average Bonchev–Trinajstić information content (AvgIpc) is 0.828. The van der Waals surface area contributed by atoms with Crippen molar-refractivity contribution >= 4 is 80.8 Å². The fourth-order valence-electron chi connectivity index (χ4n) is 19.2. The molecule has 0 radical (unpaired) electrons. The summed E-state index contributed by atoms with van der Waals surface area (Å²) < 4.78 is 9.47. The molecule has 5 saturated heterocycles. The van der Waals surface area contributed by atoms with Crippen molar-refractivity contribution in [1.29, 1.82) is 0 Å². The molecule has 0 bridgehead atoms. The smallest absolute Gasteiger partial charge is 0.545 e. The zero-order valence-corrected chi connectivity index (χ0v) is 88.1. The number of rotatable bonds is 34. The van der Waals surface area contributed by atoms with Gasteiger partial charge < -0.3 is 99.0 Å². The van der Waals surface area contributed by atoms with E-state index in [1.54, 1.807) is 54.6 Å². The van der Waals surface area contributed by atoms with E-state index in [0.29, 0.717) is 104 Å². The van der Waals surface area contributed by atoms with Crippen LogP contribution in [0.4, 0.5) is 56.9 Å². The number of hydrogen-bond donors (Lipinski definition) is 6. The minimum Gasteiger partial charge on any atom is -0.545 e. The van der Waals surface area contributed by atoms with Crippen LogP contribution in [0.15, 0.2) is 243 Å². The first kappa shape index (κ1) is 115. The second kappa shape index (κ2) is 56.2. The number of aliphatic hydroxyl groups is 5. The number of piperidine rings is 5. The van der Waals surface area contributed by atoms with Crippen molar-refractivity contribution in [2.45, 2.75) is 131 Å². The van der Waals surface area contributed by atoms with Crippen molar-refractivity contribution in [2.75, 3.05) is 205 Å². The Bertz CT molecular complexity index is 6010. The molecule has 6 N–H and O–H groups in total. The number of hydrogen-bond acceptors (Lipinski definition) is 22. The fraction of sp³-hybridized carbons (Fsp3) is 0.410. The number of likely N-dealkylation sites (N-methyl/N-ethyl adjacent to an activating group) is 5. The Morgan fingerprint density at radius 3 is 0.822 bits per heavy atom. The van der Waals surface area contributed by atoms with Crippen molar-refractivity contribution in [3.8, 4) is 0 Å². The molecule has 762 valence electrons. The third-order valence-corrected chi connectivity index (χ3v) is 28.5. The third kappa shape index (κ3) is 36.1. The molecular weight excluding hydrogens is 1850 g/mol. The number of aromatic carboxylic acids is 2. The normalized spacial score (nSPS) is 16.1. The van der Waals surface area contributed by atoms with Gasteiger partial charge in [0.05, 0.1) is 103 Å². The maximum absolute atomic E-state index is 11.6. The van der Waals surface area contributed by atoms with Crippen molar-refractivity contribution in [2.24, 2.45) is 0 Å².